The summed E-state index contributed by atoms with van der Waals surface area (Å²) in [6.45, 7) is 3.39. The minimum atomic E-state index is -4.37. The maximum absolute atomic E-state index is 12.5. The van der Waals surface area contributed by atoms with Gasteiger partial charge in [0.1, 0.15) is 0 Å². The predicted octanol–water partition coefficient (Wildman–Crippen LogP) is 4.20. The second kappa shape index (κ2) is 5.59. The number of nitrogens with one attached hydrogen (secondary N) is 1. The molecule has 1 aliphatic rings. The Balaban J connectivity index is 2.08. The first-order chi connectivity index (χ1) is 8.88. The summed E-state index contributed by atoms with van der Waals surface area (Å²) in [6, 6.07) is 3.46. The molecule has 1 fully saturated rings. The molecule has 1 saturated heterocycles. The molecule has 0 aromatic heterocycles. The molecule has 0 saturated carbocycles. The normalized spacial score (nSPS) is 21.4. The SMILES string of the molecule is CC(Nc1ccc(C(F)(F)F)cc1Cl)C1CCOC1. The molecule has 6 heteroatoms. The van der Waals surface area contributed by atoms with Crippen molar-refractivity contribution in [3.63, 3.8) is 0 Å². The lowest BCUT2D eigenvalue weighted by atomic mass is 10.0. The van der Waals surface area contributed by atoms with Gasteiger partial charge in [-0.3, -0.25) is 0 Å². The summed E-state index contributed by atoms with van der Waals surface area (Å²) in [4.78, 5) is 0. The molecule has 2 nitrogen and oxygen atoms in total. The van der Waals surface area contributed by atoms with E-state index in [-0.39, 0.29) is 11.1 Å². The van der Waals surface area contributed by atoms with Gasteiger partial charge in [0.2, 0.25) is 0 Å². The summed E-state index contributed by atoms with van der Waals surface area (Å²) in [7, 11) is 0. The summed E-state index contributed by atoms with van der Waals surface area (Å²) in [6.07, 6.45) is -3.42. The molecular weight excluding hydrogens is 279 g/mol. The Morgan fingerprint density at radius 2 is 2.16 bits per heavy atom. The van der Waals surface area contributed by atoms with Gasteiger partial charge < -0.3 is 10.1 Å². The van der Waals surface area contributed by atoms with Crippen molar-refractivity contribution in [1.29, 1.82) is 0 Å². The van der Waals surface area contributed by atoms with Crippen molar-refractivity contribution in [2.24, 2.45) is 5.92 Å². The number of hydrogen-bond donors (Lipinski definition) is 1. The first-order valence-corrected chi connectivity index (χ1v) is 6.47. The molecule has 1 aromatic carbocycles. The summed E-state index contributed by atoms with van der Waals surface area (Å²) in [5, 5.41) is 3.24. The van der Waals surface area contributed by atoms with Gasteiger partial charge in [-0.1, -0.05) is 11.6 Å². The van der Waals surface area contributed by atoms with Crippen LogP contribution in [0.5, 0.6) is 0 Å². The van der Waals surface area contributed by atoms with Crippen LogP contribution in [-0.2, 0) is 10.9 Å². The molecule has 1 aromatic rings. The van der Waals surface area contributed by atoms with Crippen molar-refractivity contribution in [3.8, 4) is 0 Å². The molecule has 19 heavy (non-hydrogen) atoms. The molecule has 1 N–H and O–H groups in total. The van der Waals surface area contributed by atoms with Crippen LogP contribution < -0.4 is 5.32 Å². The van der Waals surface area contributed by atoms with Crippen molar-refractivity contribution in [1.82, 2.24) is 0 Å². The quantitative estimate of drug-likeness (QED) is 0.902. The second-order valence-electron chi connectivity index (χ2n) is 4.75. The van der Waals surface area contributed by atoms with Gasteiger partial charge in [-0.2, -0.15) is 13.2 Å². The van der Waals surface area contributed by atoms with Crippen molar-refractivity contribution < 1.29 is 17.9 Å². The van der Waals surface area contributed by atoms with Crippen LogP contribution in [0.1, 0.15) is 18.9 Å². The average Bonchev–Trinajstić information content (AvgIpc) is 2.84. The Bertz CT molecular complexity index is 444. The summed E-state index contributed by atoms with van der Waals surface area (Å²) >= 11 is 5.89. The van der Waals surface area contributed by atoms with E-state index < -0.39 is 11.7 Å². The molecule has 0 spiro atoms. The highest BCUT2D eigenvalue weighted by atomic mass is 35.5. The van der Waals surface area contributed by atoms with Gasteiger partial charge in [-0.15, -0.1) is 0 Å². The van der Waals surface area contributed by atoms with Gasteiger partial charge in [0.15, 0.2) is 0 Å². The smallest absolute Gasteiger partial charge is 0.381 e. The standard InChI is InChI=1S/C13H15ClF3NO/c1-8(9-4-5-19-7-9)18-12-3-2-10(6-11(12)14)13(15,16)17/h2-3,6,8-9,18H,4-5,7H2,1H3. The maximum atomic E-state index is 12.5. The van der Waals surface area contributed by atoms with Crippen molar-refractivity contribution in [3.05, 3.63) is 28.8 Å². The Kier molecular flexibility index (Phi) is 4.26. The average molecular weight is 294 g/mol. The minimum absolute atomic E-state index is 0.0839. The molecule has 2 atom stereocenters. The molecule has 1 heterocycles. The highest BCUT2D eigenvalue weighted by Gasteiger charge is 2.31. The predicted molar refractivity (Wildman–Crippen MR) is 68.5 cm³/mol. The fourth-order valence-electron chi connectivity index (χ4n) is 2.12. The Hall–Kier alpha value is -0.940. The molecule has 0 bridgehead atoms. The number of benzene rings is 1. The molecular formula is C13H15ClF3NO. The topological polar surface area (TPSA) is 21.3 Å². The molecule has 0 radical (unpaired) electrons. The van der Waals surface area contributed by atoms with Crippen LogP contribution >= 0.6 is 11.6 Å². The van der Waals surface area contributed by atoms with E-state index in [0.29, 0.717) is 18.2 Å². The summed E-state index contributed by atoms with van der Waals surface area (Å²) in [5.41, 5.74) is -0.214. The lowest BCUT2D eigenvalue weighted by Gasteiger charge is -2.21. The first kappa shape index (κ1) is 14.5. The Morgan fingerprint density at radius 3 is 2.68 bits per heavy atom. The van der Waals surface area contributed by atoms with Gasteiger partial charge in [0, 0.05) is 18.6 Å². The van der Waals surface area contributed by atoms with Crippen LogP contribution in [-0.4, -0.2) is 19.3 Å². The van der Waals surface area contributed by atoms with Crippen molar-refractivity contribution >= 4 is 17.3 Å². The maximum Gasteiger partial charge on any atom is 0.416 e. The van der Waals surface area contributed by atoms with Crippen LogP contribution in [0.3, 0.4) is 0 Å². The number of hydrogen-bond acceptors (Lipinski definition) is 2. The van der Waals surface area contributed by atoms with E-state index in [4.69, 9.17) is 16.3 Å². The van der Waals surface area contributed by atoms with Gasteiger partial charge in [-0.25, -0.2) is 0 Å². The van der Waals surface area contributed by atoms with Crippen LogP contribution in [0.4, 0.5) is 18.9 Å². The molecule has 2 unspecified atom stereocenters. The lowest BCUT2D eigenvalue weighted by molar-refractivity contribution is -0.137. The second-order valence-corrected chi connectivity index (χ2v) is 5.16. The molecule has 106 valence electrons. The van der Waals surface area contributed by atoms with E-state index in [9.17, 15) is 13.2 Å². The zero-order valence-corrected chi connectivity index (χ0v) is 11.2. The number of ether oxygens (including phenoxy) is 1. The third-order valence-electron chi connectivity index (χ3n) is 3.35. The number of alkyl halides is 3. The fraction of sp³-hybridized carbons (Fsp3) is 0.538. The third kappa shape index (κ3) is 3.54. The zero-order chi connectivity index (χ0) is 14.0. The highest BCUT2D eigenvalue weighted by molar-refractivity contribution is 6.33. The number of halogens is 4. The van der Waals surface area contributed by atoms with E-state index >= 15 is 0 Å². The van der Waals surface area contributed by atoms with E-state index in [1.165, 1.54) is 6.07 Å². The largest absolute Gasteiger partial charge is 0.416 e. The van der Waals surface area contributed by atoms with Crippen molar-refractivity contribution in [2.45, 2.75) is 25.6 Å². The van der Waals surface area contributed by atoms with Crippen LogP contribution in [0.2, 0.25) is 5.02 Å². The van der Waals surface area contributed by atoms with Crippen LogP contribution in [0.25, 0.3) is 0 Å². The highest BCUT2D eigenvalue weighted by Crippen LogP contribution is 2.34. The van der Waals surface area contributed by atoms with E-state index in [1.807, 2.05) is 6.92 Å². The van der Waals surface area contributed by atoms with Gasteiger partial charge in [0.25, 0.3) is 0 Å². The number of anilines is 1. The van der Waals surface area contributed by atoms with Crippen LogP contribution in [0.15, 0.2) is 18.2 Å². The lowest BCUT2D eigenvalue weighted by Crippen LogP contribution is -2.26. The van der Waals surface area contributed by atoms with Gasteiger partial charge in [0.05, 0.1) is 22.9 Å². The van der Waals surface area contributed by atoms with E-state index in [0.717, 1.165) is 25.2 Å². The minimum Gasteiger partial charge on any atom is -0.381 e. The summed E-state index contributed by atoms with van der Waals surface area (Å²) in [5.74, 6) is 0.360. The third-order valence-corrected chi connectivity index (χ3v) is 3.66. The first-order valence-electron chi connectivity index (χ1n) is 6.09. The fourth-order valence-corrected chi connectivity index (χ4v) is 2.35. The van der Waals surface area contributed by atoms with Gasteiger partial charge >= 0.3 is 6.18 Å². The molecule has 0 aliphatic carbocycles. The van der Waals surface area contributed by atoms with Crippen molar-refractivity contribution in [2.75, 3.05) is 18.5 Å². The molecule has 2 rings (SSSR count). The van der Waals surface area contributed by atoms with E-state index in [1.54, 1.807) is 0 Å². The number of rotatable bonds is 3. The van der Waals surface area contributed by atoms with Gasteiger partial charge in [-0.05, 0) is 31.5 Å². The summed E-state index contributed by atoms with van der Waals surface area (Å²) < 4.78 is 42.8. The zero-order valence-electron chi connectivity index (χ0n) is 10.4. The Morgan fingerprint density at radius 1 is 1.42 bits per heavy atom. The Labute approximate surface area is 114 Å². The monoisotopic (exact) mass is 293 g/mol. The molecule has 0 amide bonds. The van der Waals surface area contributed by atoms with E-state index in [2.05, 4.69) is 5.32 Å². The van der Waals surface area contributed by atoms with Crippen LogP contribution in [0, 0.1) is 5.92 Å². The molecule has 1 aliphatic heterocycles.